The molecule has 142 valence electrons. The van der Waals surface area contributed by atoms with Crippen LogP contribution in [0.5, 0.6) is 5.75 Å². The Morgan fingerprint density at radius 2 is 2.11 bits per heavy atom. The first kappa shape index (κ1) is 20.4. The molecular formula is C19H19ClFN3O3. The minimum absolute atomic E-state index is 0.0196. The van der Waals surface area contributed by atoms with Crippen LogP contribution in [0.25, 0.3) is 0 Å². The molecule has 0 saturated carbocycles. The molecule has 0 unspecified atom stereocenters. The van der Waals surface area contributed by atoms with Crippen LogP contribution >= 0.6 is 11.6 Å². The van der Waals surface area contributed by atoms with E-state index in [4.69, 9.17) is 16.3 Å². The normalized spacial score (nSPS) is 10.2. The van der Waals surface area contributed by atoms with E-state index < -0.39 is 5.82 Å². The number of carbonyl (C=O) groups excluding carboxylic acids is 2. The lowest BCUT2D eigenvalue weighted by molar-refractivity contribution is -0.123. The highest BCUT2D eigenvalue weighted by Gasteiger charge is 2.10. The van der Waals surface area contributed by atoms with Crippen LogP contribution in [-0.2, 0) is 4.79 Å². The van der Waals surface area contributed by atoms with Crippen molar-refractivity contribution in [2.75, 3.05) is 13.2 Å². The van der Waals surface area contributed by atoms with E-state index in [1.54, 1.807) is 12.3 Å². The van der Waals surface area contributed by atoms with Crippen molar-refractivity contribution in [3.63, 3.8) is 0 Å². The Bertz CT molecular complexity index is 858. The molecule has 27 heavy (non-hydrogen) atoms. The van der Waals surface area contributed by atoms with E-state index in [9.17, 15) is 14.0 Å². The van der Waals surface area contributed by atoms with Gasteiger partial charge < -0.3 is 15.4 Å². The van der Waals surface area contributed by atoms with Gasteiger partial charge in [-0.15, -0.1) is 0 Å². The number of benzene rings is 1. The molecule has 0 saturated heterocycles. The van der Waals surface area contributed by atoms with Crippen LogP contribution in [0.2, 0.25) is 5.02 Å². The Morgan fingerprint density at radius 1 is 1.33 bits per heavy atom. The van der Waals surface area contributed by atoms with Gasteiger partial charge in [-0.25, -0.2) is 4.39 Å². The Hall–Kier alpha value is -2.93. The largest absolute Gasteiger partial charge is 0.484 e. The van der Waals surface area contributed by atoms with Gasteiger partial charge in [0.25, 0.3) is 11.8 Å². The number of amides is 2. The number of aromatic nitrogens is 1. The summed E-state index contributed by atoms with van der Waals surface area (Å²) in [5, 5.41) is 5.28. The molecule has 2 N–H and O–H groups in total. The Kier molecular flexibility index (Phi) is 7.31. The molecule has 1 aromatic heterocycles. The fourth-order valence-electron chi connectivity index (χ4n) is 2.11. The number of nitrogens with zero attached hydrogens (tertiary/aromatic N) is 1. The van der Waals surface area contributed by atoms with E-state index in [0.717, 1.165) is 11.6 Å². The third-order valence-corrected chi connectivity index (χ3v) is 3.89. The molecule has 0 aliphatic rings. The smallest absolute Gasteiger partial charge is 0.257 e. The quantitative estimate of drug-likeness (QED) is 0.724. The summed E-state index contributed by atoms with van der Waals surface area (Å²) in [4.78, 5) is 27.8. The van der Waals surface area contributed by atoms with Gasteiger partial charge in [-0.3, -0.25) is 14.6 Å². The van der Waals surface area contributed by atoms with Crippen LogP contribution in [-0.4, -0.2) is 29.9 Å². The predicted molar refractivity (Wildman–Crippen MR) is 100 cm³/mol. The number of carbonyl (C=O) groups is 2. The number of pyridine rings is 1. The standard InChI is InChI=1S/C19H19ClFN3O3/c1-12-5-7-22-10-15(12)19(26)24-13(2)6-8-23-18(25)11-27-14-3-4-16(20)17(21)9-14/h3-5,7,9-10H,2,6,8,11H2,1H3,(H,23,25)(H,24,26). The second-order valence-corrected chi connectivity index (χ2v) is 6.12. The number of aryl methyl sites for hydroxylation is 1. The van der Waals surface area contributed by atoms with Crippen molar-refractivity contribution in [3.05, 3.63) is 70.9 Å². The Morgan fingerprint density at radius 3 is 2.81 bits per heavy atom. The topological polar surface area (TPSA) is 80.3 Å². The minimum Gasteiger partial charge on any atom is -0.484 e. The lowest BCUT2D eigenvalue weighted by Gasteiger charge is -2.11. The predicted octanol–water partition coefficient (Wildman–Crippen LogP) is 3.01. The van der Waals surface area contributed by atoms with E-state index in [0.29, 0.717) is 17.7 Å². The summed E-state index contributed by atoms with van der Waals surface area (Å²) >= 11 is 5.57. The molecule has 0 spiro atoms. The van der Waals surface area contributed by atoms with E-state index >= 15 is 0 Å². The Balaban J connectivity index is 1.69. The van der Waals surface area contributed by atoms with Gasteiger partial charge in [-0.05, 0) is 30.7 Å². The van der Waals surface area contributed by atoms with Crippen molar-refractivity contribution in [2.45, 2.75) is 13.3 Å². The lowest BCUT2D eigenvalue weighted by Crippen LogP contribution is -2.31. The van der Waals surface area contributed by atoms with Gasteiger partial charge in [-0.2, -0.15) is 0 Å². The average Bonchev–Trinajstić information content (AvgIpc) is 2.63. The third kappa shape index (κ3) is 6.38. The van der Waals surface area contributed by atoms with Crippen LogP contribution in [0.3, 0.4) is 0 Å². The molecule has 0 atom stereocenters. The maximum Gasteiger partial charge on any atom is 0.257 e. The minimum atomic E-state index is -0.620. The number of halogens is 2. The molecule has 1 aromatic carbocycles. The van der Waals surface area contributed by atoms with E-state index in [1.807, 2.05) is 6.92 Å². The second-order valence-electron chi connectivity index (χ2n) is 5.71. The molecule has 2 amide bonds. The zero-order chi connectivity index (χ0) is 19.8. The van der Waals surface area contributed by atoms with Crippen molar-refractivity contribution in [2.24, 2.45) is 0 Å². The Labute approximate surface area is 161 Å². The first-order valence-electron chi connectivity index (χ1n) is 8.11. The maximum absolute atomic E-state index is 13.3. The van der Waals surface area contributed by atoms with Crippen LogP contribution < -0.4 is 15.4 Å². The first-order valence-corrected chi connectivity index (χ1v) is 8.49. The number of nitrogens with one attached hydrogen (secondary N) is 2. The first-order chi connectivity index (χ1) is 12.9. The van der Waals surface area contributed by atoms with Gasteiger partial charge in [0, 0.05) is 37.1 Å². The molecule has 0 fully saturated rings. The summed E-state index contributed by atoms with van der Waals surface area (Å²) in [7, 11) is 0. The third-order valence-electron chi connectivity index (χ3n) is 3.58. The molecule has 1 heterocycles. The molecule has 0 bridgehead atoms. The average molecular weight is 392 g/mol. The van der Waals surface area contributed by atoms with Crippen molar-refractivity contribution in [1.29, 1.82) is 0 Å². The summed E-state index contributed by atoms with van der Waals surface area (Å²) in [6.07, 6.45) is 3.44. The highest BCUT2D eigenvalue weighted by Crippen LogP contribution is 2.20. The zero-order valence-corrected chi connectivity index (χ0v) is 15.5. The number of hydrogen-bond acceptors (Lipinski definition) is 4. The van der Waals surface area contributed by atoms with Crippen molar-refractivity contribution < 1.29 is 18.7 Å². The number of ether oxygens (including phenoxy) is 1. The summed E-state index contributed by atoms with van der Waals surface area (Å²) in [5.74, 6) is -1.10. The summed E-state index contributed by atoms with van der Waals surface area (Å²) in [6, 6.07) is 5.66. The summed E-state index contributed by atoms with van der Waals surface area (Å²) in [6.45, 7) is 5.58. The zero-order valence-electron chi connectivity index (χ0n) is 14.7. The monoisotopic (exact) mass is 391 g/mol. The van der Waals surface area contributed by atoms with Crippen LogP contribution in [0.4, 0.5) is 4.39 Å². The van der Waals surface area contributed by atoms with Crippen molar-refractivity contribution in [3.8, 4) is 5.75 Å². The SMILES string of the molecule is C=C(CCNC(=O)COc1ccc(Cl)c(F)c1)NC(=O)c1cnccc1C. The molecule has 0 radical (unpaired) electrons. The summed E-state index contributed by atoms with van der Waals surface area (Å²) in [5.41, 5.74) is 1.73. The van der Waals surface area contributed by atoms with Crippen molar-refractivity contribution >= 4 is 23.4 Å². The summed E-state index contributed by atoms with van der Waals surface area (Å²) < 4.78 is 18.5. The molecule has 6 nitrogen and oxygen atoms in total. The number of rotatable bonds is 8. The van der Waals surface area contributed by atoms with Gasteiger partial charge in [0.05, 0.1) is 10.6 Å². The maximum atomic E-state index is 13.3. The number of hydrogen-bond donors (Lipinski definition) is 2. The fraction of sp³-hybridized carbons (Fsp3) is 0.211. The lowest BCUT2D eigenvalue weighted by atomic mass is 10.1. The molecule has 2 aromatic rings. The molecule has 0 aliphatic heterocycles. The highest BCUT2D eigenvalue weighted by molar-refractivity contribution is 6.30. The van der Waals surface area contributed by atoms with Crippen LogP contribution in [0.15, 0.2) is 48.9 Å². The van der Waals surface area contributed by atoms with Crippen molar-refractivity contribution in [1.82, 2.24) is 15.6 Å². The van der Waals surface area contributed by atoms with Gasteiger partial charge in [0.2, 0.25) is 0 Å². The van der Waals surface area contributed by atoms with Gasteiger partial charge in [0.15, 0.2) is 6.61 Å². The van der Waals surface area contributed by atoms with Gasteiger partial charge >= 0.3 is 0 Å². The molecule has 0 aliphatic carbocycles. The fourth-order valence-corrected chi connectivity index (χ4v) is 2.23. The molecule has 2 rings (SSSR count). The van der Waals surface area contributed by atoms with E-state index in [1.165, 1.54) is 18.3 Å². The van der Waals surface area contributed by atoms with Crippen LogP contribution in [0.1, 0.15) is 22.3 Å². The molecule has 8 heteroatoms. The van der Waals surface area contributed by atoms with Crippen LogP contribution in [0, 0.1) is 12.7 Å². The van der Waals surface area contributed by atoms with E-state index in [2.05, 4.69) is 22.2 Å². The molecular weight excluding hydrogens is 373 g/mol. The highest BCUT2D eigenvalue weighted by atomic mass is 35.5. The van der Waals surface area contributed by atoms with E-state index in [-0.39, 0.29) is 35.7 Å². The van der Waals surface area contributed by atoms with Gasteiger partial charge in [0.1, 0.15) is 11.6 Å². The van der Waals surface area contributed by atoms with Gasteiger partial charge in [-0.1, -0.05) is 18.2 Å². The second kappa shape index (κ2) is 9.68.